The molecule has 0 unspecified atom stereocenters. The van der Waals surface area contributed by atoms with Crippen LogP contribution >= 0.6 is 0 Å². The largest absolute Gasteiger partial charge is 0.512 e. The Kier molecular flexibility index (Phi) is 8.61. The van der Waals surface area contributed by atoms with Gasteiger partial charge < -0.3 is 26.8 Å². The van der Waals surface area contributed by atoms with Crippen LogP contribution in [0.1, 0.15) is 0 Å². The smallest absolute Gasteiger partial charge is 0.309 e. The molecule has 0 spiro atoms. The zero-order chi connectivity index (χ0) is 8.57. The molecule has 7 N–H and O–H groups in total. The summed E-state index contributed by atoms with van der Waals surface area (Å²) in [6.07, 6.45) is 0.444. The highest BCUT2D eigenvalue weighted by Gasteiger charge is 1.80. The number of urea groups is 1. The molecule has 0 bridgehead atoms. The van der Waals surface area contributed by atoms with Gasteiger partial charge in [0, 0.05) is 0 Å². The minimum Gasteiger partial charge on any atom is -0.512 e. The Morgan fingerprint density at radius 3 is 1.80 bits per heavy atom. The first-order valence-electron chi connectivity index (χ1n) is 2.22. The highest BCUT2D eigenvalue weighted by molar-refractivity contribution is 5.69. The van der Waals surface area contributed by atoms with Crippen LogP contribution in [0, 0.1) is 0 Å². The summed E-state index contributed by atoms with van der Waals surface area (Å²) in [4.78, 5) is 9.00. The third kappa shape index (κ3) is 30.9. The molecule has 0 radical (unpaired) electrons. The van der Waals surface area contributed by atoms with Crippen molar-refractivity contribution in [3.8, 4) is 0 Å². The number of primary amides is 2. The van der Waals surface area contributed by atoms with Crippen LogP contribution in [0.2, 0.25) is 0 Å². The Hall–Kier alpha value is -1.43. The van der Waals surface area contributed by atoms with Crippen molar-refractivity contribution in [2.24, 2.45) is 11.5 Å². The number of carbonyl (C=O) groups excluding carboxylic acids is 1. The maximum Gasteiger partial charge on any atom is 0.309 e. The van der Waals surface area contributed by atoms with E-state index in [9.17, 15) is 0 Å². The van der Waals surface area contributed by atoms with E-state index in [1.165, 1.54) is 0 Å². The highest BCUT2D eigenvalue weighted by Crippen LogP contribution is 1.77. The van der Waals surface area contributed by atoms with E-state index in [0.717, 1.165) is 0 Å². The SMILES string of the molecule is NC(N)=O.OC=C(O)CO. The van der Waals surface area contributed by atoms with Gasteiger partial charge in [-0.15, -0.1) is 0 Å². The zero-order valence-corrected chi connectivity index (χ0v) is 5.19. The molecular weight excluding hydrogens is 140 g/mol. The standard InChI is InChI=1S/C3H6O3.CH4N2O/c4-1-3(6)2-5;2-1(3)4/h1,4-6H,2H2;(H4,2,3,4). The Morgan fingerprint density at radius 1 is 1.50 bits per heavy atom. The minimum absolute atomic E-state index is 0.421. The van der Waals surface area contributed by atoms with Crippen LogP contribution in [0.3, 0.4) is 0 Å². The predicted molar refractivity (Wildman–Crippen MR) is 34.2 cm³/mol. The van der Waals surface area contributed by atoms with Crippen molar-refractivity contribution in [3.63, 3.8) is 0 Å². The van der Waals surface area contributed by atoms with Crippen molar-refractivity contribution in [2.75, 3.05) is 6.61 Å². The van der Waals surface area contributed by atoms with Crippen molar-refractivity contribution in [1.29, 1.82) is 0 Å². The zero-order valence-electron chi connectivity index (χ0n) is 5.19. The summed E-state index contributed by atoms with van der Waals surface area (Å²) in [5.74, 6) is -0.421. The van der Waals surface area contributed by atoms with Crippen molar-refractivity contribution in [2.45, 2.75) is 0 Å². The molecule has 0 saturated heterocycles. The second-order valence-corrected chi connectivity index (χ2v) is 1.18. The lowest BCUT2D eigenvalue weighted by Gasteiger charge is -1.83. The van der Waals surface area contributed by atoms with Gasteiger partial charge in [-0.1, -0.05) is 0 Å². The van der Waals surface area contributed by atoms with Crippen LogP contribution in [-0.2, 0) is 0 Å². The summed E-state index contributed by atoms with van der Waals surface area (Å²) in [6, 6.07) is -0.833. The number of amides is 2. The van der Waals surface area contributed by atoms with E-state index >= 15 is 0 Å². The molecule has 6 nitrogen and oxygen atoms in total. The van der Waals surface area contributed by atoms with Gasteiger partial charge in [-0.25, -0.2) is 4.79 Å². The maximum absolute atomic E-state index is 9.00. The van der Waals surface area contributed by atoms with Crippen molar-refractivity contribution in [1.82, 2.24) is 0 Å². The van der Waals surface area contributed by atoms with E-state index < -0.39 is 18.4 Å². The van der Waals surface area contributed by atoms with Gasteiger partial charge in [-0.3, -0.25) is 0 Å². The Morgan fingerprint density at radius 2 is 1.80 bits per heavy atom. The third-order valence-corrected chi connectivity index (χ3v) is 0.311. The van der Waals surface area contributed by atoms with Gasteiger partial charge in [0.1, 0.15) is 12.9 Å². The lowest BCUT2D eigenvalue weighted by Crippen LogP contribution is -2.18. The second-order valence-electron chi connectivity index (χ2n) is 1.18. The minimum atomic E-state index is -0.833. The Labute approximate surface area is 57.4 Å². The lowest BCUT2D eigenvalue weighted by molar-refractivity contribution is 0.239. The topological polar surface area (TPSA) is 130 Å². The quantitative estimate of drug-likeness (QED) is 0.305. The molecule has 0 heterocycles. The molecule has 60 valence electrons. The molecule has 0 aromatic heterocycles. The first-order chi connectivity index (χ1) is 4.54. The molecular formula is C4H10N2O4. The van der Waals surface area contributed by atoms with Crippen LogP contribution in [0.4, 0.5) is 4.79 Å². The molecule has 0 fully saturated rings. The number of rotatable bonds is 1. The Balaban J connectivity index is 0. The molecule has 6 heteroatoms. The highest BCUT2D eigenvalue weighted by atomic mass is 16.3. The van der Waals surface area contributed by atoms with Gasteiger partial charge in [-0.05, 0) is 0 Å². The number of carbonyl (C=O) groups is 1. The molecule has 0 aromatic rings. The van der Waals surface area contributed by atoms with Gasteiger partial charge in [0.05, 0.1) is 0 Å². The maximum atomic E-state index is 9.00. The summed E-state index contributed by atoms with van der Waals surface area (Å²) in [5.41, 5.74) is 8.50. The number of aliphatic hydroxyl groups excluding tert-OH is 3. The Bertz CT molecular complexity index is 118. The van der Waals surface area contributed by atoms with Crippen molar-refractivity contribution in [3.05, 3.63) is 12.0 Å². The lowest BCUT2D eigenvalue weighted by atomic mass is 10.6. The fourth-order valence-corrected chi connectivity index (χ4v) is 0.0408. The van der Waals surface area contributed by atoms with E-state index in [1.54, 1.807) is 0 Å². The van der Waals surface area contributed by atoms with Gasteiger partial charge in [0.15, 0.2) is 5.76 Å². The summed E-state index contributed by atoms with van der Waals surface area (Å²) < 4.78 is 0. The van der Waals surface area contributed by atoms with Gasteiger partial charge in [0.25, 0.3) is 0 Å². The summed E-state index contributed by atoms with van der Waals surface area (Å²) in [6.45, 7) is -0.503. The van der Waals surface area contributed by atoms with E-state index in [1.807, 2.05) is 0 Å². The van der Waals surface area contributed by atoms with Gasteiger partial charge in [0.2, 0.25) is 0 Å². The number of hydrogen-bond acceptors (Lipinski definition) is 4. The van der Waals surface area contributed by atoms with E-state index in [0.29, 0.717) is 6.26 Å². The molecule has 0 atom stereocenters. The molecule has 10 heavy (non-hydrogen) atoms. The van der Waals surface area contributed by atoms with Crippen LogP contribution in [-0.4, -0.2) is 28.0 Å². The van der Waals surface area contributed by atoms with Crippen LogP contribution in [0.5, 0.6) is 0 Å². The molecule has 2 amide bonds. The first kappa shape index (κ1) is 11.4. The van der Waals surface area contributed by atoms with Crippen LogP contribution in [0.15, 0.2) is 12.0 Å². The summed E-state index contributed by atoms with van der Waals surface area (Å²) in [7, 11) is 0. The number of nitrogens with two attached hydrogens (primary N) is 2. The average molecular weight is 150 g/mol. The van der Waals surface area contributed by atoms with Crippen molar-refractivity contribution >= 4 is 6.03 Å². The fourth-order valence-electron chi connectivity index (χ4n) is 0.0408. The molecule has 0 rings (SSSR count). The first-order valence-corrected chi connectivity index (χ1v) is 2.22. The third-order valence-electron chi connectivity index (χ3n) is 0.311. The van der Waals surface area contributed by atoms with Crippen LogP contribution in [0.25, 0.3) is 0 Å². The normalized spacial score (nSPS) is 9.50. The van der Waals surface area contributed by atoms with Crippen molar-refractivity contribution < 1.29 is 20.1 Å². The average Bonchev–Trinajstić information content (AvgIpc) is 1.85. The monoisotopic (exact) mass is 150 g/mol. The summed E-state index contributed by atoms with van der Waals surface area (Å²) >= 11 is 0. The van der Waals surface area contributed by atoms with E-state index in [4.69, 9.17) is 20.1 Å². The molecule has 0 aliphatic heterocycles. The van der Waals surface area contributed by atoms with Gasteiger partial charge >= 0.3 is 6.03 Å². The second kappa shape index (κ2) is 7.57. The summed E-state index contributed by atoms with van der Waals surface area (Å²) in [5, 5.41) is 23.6. The molecule has 0 aliphatic carbocycles. The fraction of sp³-hybridized carbons (Fsp3) is 0.250. The van der Waals surface area contributed by atoms with E-state index in [-0.39, 0.29) is 0 Å². The number of aliphatic hydroxyl groups is 3. The predicted octanol–water partition coefficient (Wildman–Crippen LogP) is -1.04. The molecule has 0 aromatic carbocycles. The molecule has 0 aliphatic rings. The van der Waals surface area contributed by atoms with E-state index in [2.05, 4.69) is 11.5 Å². The number of hydrogen-bond donors (Lipinski definition) is 5. The van der Waals surface area contributed by atoms with Crippen LogP contribution < -0.4 is 11.5 Å². The molecule has 0 saturated carbocycles. The van der Waals surface area contributed by atoms with Gasteiger partial charge in [-0.2, -0.15) is 0 Å².